The number of H-pyrrole nitrogens is 1. The van der Waals surface area contributed by atoms with Gasteiger partial charge in [0, 0.05) is 5.56 Å². The van der Waals surface area contributed by atoms with Crippen molar-refractivity contribution in [3.05, 3.63) is 50.6 Å². The number of aromatic nitrogens is 2. The molecule has 0 bridgehead atoms. The van der Waals surface area contributed by atoms with E-state index in [1.807, 2.05) is 23.6 Å². The predicted octanol–water partition coefficient (Wildman–Crippen LogP) is 4.43. The first-order valence-electron chi connectivity index (χ1n) is 6.34. The molecule has 2 aromatic heterocycles. The van der Waals surface area contributed by atoms with Crippen molar-refractivity contribution in [2.45, 2.75) is 19.8 Å². The van der Waals surface area contributed by atoms with Gasteiger partial charge >= 0.3 is 0 Å². The Morgan fingerprint density at radius 3 is 2.75 bits per heavy atom. The zero-order chi connectivity index (χ0) is 14.3. The van der Waals surface area contributed by atoms with Crippen LogP contribution in [0.4, 0.5) is 0 Å². The summed E-state index contributed by atoms with van der Waals surface area (Å²) in [6.45, 7) is 4.14. The Bertz CT molecular complexity index is 835. The van der Waals surface area contributed by atoms with Crippen molar-refractivity contribution >= 4 is 33.2 Å². The fraction of sp³-hybridized carbons (Fsp3) is 0.200. The van der Waals surface area contributed by atoms with Gasteiger partial charge in [-0.05, 0) is 29.0 Å². The van der Waals surface area contributed by atoms with Gasteiger partial charge < -0.3 is 4.98 Å². The summed E-state index contributed by atoms with van der Waals surface area (Å²) in [6, 6.07) is 7.36. The molecule has 2 heterocycles. The Morgan fingerprint density at radius 1 is 1.30 bits per heavy atom. The third-order valence-electron chi connectivity index (χ3n) is 3.22. The average molecular weight is 305 g/mol. The number of thiophene rings is 1. The van der Waals surface area contributed by atoms with Gasteiger partial charge in [0.1, 0.15) is 10.7 Å². The maximum absolute atomic E-state index is 12.3. The number of hydrogen-bond acceptors (Lipinski definition) is 3. The van der Waals surface area contributed by atoms with Crippen LogP contribution in [0.1, 0.15) is 25.3 Å². The molecule has 0 fully saturated rings. The molecule has 1 N–H and O–H groups in total. The Hall–Kier alpha value is -1.65. The fourth-order valence-corrected chi connectivity index (χ4v) is 3.50. The van der Waals surface area contributed by atoms with E-state index in [9.17, 15) is 4.79 Å². The summed E-state index contributed by atoms with van der Waals surface area (Å²) in [4.78, 5) is 20.5. The number of hydrogen-bond donors (Lipinski definition) is 1. The van der Waals surface area contributed by atoms with Gasteiger partial charge in [-0.1, -0.05) is 37.6 Å². The van der Waals surface area contributed by atoms with Crippen molar-refractivity contribution in [2.24, 2.45) is 0 Å². The molecule has 20 heavy (non-hydrogen) atoms. The van der Waals surface area contributed by atoms with Crippen LogP contribution in [-0.4, -0.2) is 9.97 Å². The molecular weight excluding hydrogens is 292 g/mol. The van der Waals surface area contributed by atoms with E-state index in [1.165, 1.54) is 11.3 Å². The molecule has 1 aromatic carbocycles. The molecule has 3 rings (SSSR count). The van der Waals surface area contributed by atoms with E-state index in [2.05, 4.69) is 23.8 Å². The minimum atomic E-state index is -0.102. The standard InChI is InChI=1S/C15H13ClN2OS/c1-8(2)10-7-20-15-12(10)14(19)17-13(18-15)9-5-3-4-6-11(9)16/h3-8H,1-2H3,(H,17,18,19). The van der Waals surface area contributed by atoms with Crippen molar-refractivity contribution in [3.8, 4) is 11.4 Å². The first kappa shape index (κ1) is 13.3. The van der Waals surface area contributed by atoms with Crippen LogP contribution in [0.3, 0.4) is 0 Å². The third kappa shape index (κ3) is 2.15. The van der Waals surface area contributed by atoms with Gasteiger partial charge in [-0.15, -0.1) is 11.3 Å². The van der Waals surface area contributed by atoms with Crippen LogP contribution >= 0.6 is 22.9 Å². The van der Waals surface area contributed by atoms with Gasteiger partial charge in [0.2, 0.25) is 0 Å². The minimum Gasteiger partial charge on any atom is -0.306 e. The van der Waals surface area contributed by atoms with E-state index in [-0.39, 0.29) is 5.56 Å². The van der Waals surface area contributed by atoms with Gasteiger partial charge in [-0.3, -0.25) is 4.79 Å². The number of nitrogens with one attached hydrogen (secondary N) is 1. The molecule has 0 unspecified atom stereocenters. The van der Waals surface area contributed by atoms with Crippen molar-refractivity contribution in [1.29, 1.82) is 0 Å². The molecular formula is C15H13ClN2OS. The van der Waals surface area contributed by atoms with Crippen molar-refractivity contribution < 1.29 is 0 Å². The van der Waals surface area contributed by atoms with E-state index < -0.39 is 0 Å². The molecule has 0 aliphatic carbocycles. The van der Waals surface area contributed by atoms with E-state index in [0.29, 0.717) is 22.2 Å². The van der Waals surface area contributed by atoms with Gasteiger partial charge in [-0.25, -0.2) is 4.98 Å². The lowest BCUT2D eigenvalue weighted by Crippen LogP contribution is -2.10. The lowest BCUT2D eigenvalue weighted by Gasteiger charge is -2.05. The molecule has 102 valence electrons. The number of rotatable bonds is 2. The zero-order valence-electron chi connectivity index (χ0n) is 11.1. The van der Waals surface area contributed by atoms with Crippen molar-refractivity contribution in [2.75, 3.05) is 0 Å². The maximum atomic E-state index is 12.3. The molecule has 3 nitrogen and oxygen atoms in total. The van der Waals surface area contributed by atoms with E-state index in [0.717, 1.165) is 16.0 Å². The maximum Gasteiger partial charge on any atom is 0.260 e. The minimum absolute atomic E-state index is 0.102. The largest absolute Gasteiger partial charge is 0.306 e. The highest BCUT2D eigenvalue weighted by Gasteiger charge is 2.15. The highest BCUT2D eigenvalue weighted by molar-refractivity contribution is 7.16. The monoisotopic (exact) mass is 304 g/mol. The predicted molar refractivity (Wildman–Crippen MR) is 84.8 cm³/mol. The second kappa shape index (κ2) is 5.04. The van der Waals surface area contributed by atoms with Crippen LogP contribution in [0.25, 0.3) is 21.6 Å². The summed E-state index contributed by atoms with van der Waals surface area (Å²) in [5.74, 6) is 0.822. The van der Waals surface area contributed by atoms with Gasteiger partial charge in [0.15, 0.2) is 0 Å². The highest BCUT2D eigenvalue weighted by Crippen LogP contribution is 2.30. The van der Waals surface area contributed by atoms with Gasteiger partial charge in [0.05, 0.1) is 10.4 Å². The Morgan fingerprint density at radius 2 is 2.05 bits per heavy atom. The van der Waals surface area contributed by atoms with E-state index in [1.54, 1.807) is 6.07 Å². The lowest BCUT2D eigenvalue weighted by molar-refractivity contribution is 0.878. The normalized spacial score (nSPS) is 11.4. The van der Waals surface area contributed by atoms with E-state index in [4.69, 9.17) is 11.6 Å². The zero-order valence-corrected chi connectivity index (χ0v) is 12.7. The summed E-state index contributed by atoms with van der Waals surface area (Å²) in [5.41, 5.74) is 1.69. The molecule has 0 saturated heterocycles. The highest BCUT2D eigenvalue weighted by atomic mass is 35.5. The summed E-state index contributed by atoms with van der Waals surface area (Å²) < 4.78 is 0. The number of nitrogens with zero attached hydrogens (tertiary/aromatic N) is 1. The van der Waals surface area contributed by atoms with Crippen LogP contribution in [0.15, 0.2) is 34.4 Å². The average Bonchev–Trinajstić information content (AvgIpc) is 2.83. The Balaban J connectivity index is 2.27. The number of benzene rings is 1. The van der Waals surface area contributed by atoms with Crippen molar-refractivity contribution in [3.63, 3.8) is 0 Å². The molecule has 0 saturated carbocycles. The topological polar surface area (TPSA) is 45.8 Å². The Labute approximate surface area is 125 Å². The van der Waals surface area contributed by atoms with Gasteiger partial charge in [-0.2, -0.15) is 0 Å². The summed E-state index contributed by atoms with van der Waals surface area (Å²) in [7, 11) is 0. The molecule has 5 heteroatoms. The fourth-order valence-electron chi connectivity index (χ4n) is 2.18. The first-order chi connectivity index (χ1) is 9.58. The lowest BCUT2D eigenvalue weighted by atomic mass is 10.0. The SMILES string of the molecule is CC(C)c1csc2nc(-c3ccccc3Cl)[nH]c(=O)c12. The van der Waals surface area contributed by atoms with Crippen LogP contribution in [0.2, 0.25) is 5.02 Å². The van der Waals surface area contributed by atoms with E-state index >= 15 is 0 Å². The van der Waals surface area contributed by atoms with Crippen LogP contribution in [-0.2, 0) is 0 Å². The van der Waals surface area contributed by atoms with Crippen LogP contribution in [0.5, 0.6) is 0 Å². The smallest absolute Gasteiger partial charge is 0.260 e. The summed E-state index contributed by atoms with van der Waals surface area (Å²) in [6.07, 6.45) is 0. The third-order valence-corrected chi connectivity index (χ3v) is 4.44. The molecule has 0 atom stereocenters. The van der Waals surface area contributed by atoms with Crippen LogP contribution in [0, 0.1) is 0 Å². The number of aromatic amines is 1. The van der Waals surface area contributed by atoms with Crippen LogP contribution < -0.4 is 5.56 Å². The first-order valence-corrected chi connectivity index (χ1v) is 7.60. The molecule has 0 spiro atoms. The molecule has 0 radical (unpaired) electrons. The summed E-state index contributed by atoms with van der Waals surface area (Å²) >= 11 is 7.66. The summed E-state index contributed by atoms with van der Waals surface area (Å²) in [5, 5.41) is 3.28. The quantitative estimate of drug-likeness (QED) is 0.761. The molecule has 0 amide bonds. The number of fused-ring (bicyclic) bond motifs is 1. The van der Waals surface area contributed by atoms with Crippen molar-refractivity contribution in [1.82, 2.24) is 9.97 Å². The molecule has 0 aliphatic rings. The second-order valence-electron chi connectivity index (χ2n) is 4.92. The molecule has 3 aromatic rings. The second-order valence-corrected chi connectivity index (χ2v) is 6.19. The Kier molecular flexibility index (Phi) is 3.36. The van der Waals surface area contributed by atoms with Gasteiger partial charge in [0.25, 0.3) is 5.56 Å². The number of halogens is 1. The molecule has 0 aliphatic heterocycles.